The average Bonchev–Trinajstić information content (AvgIpc) is 2.95. The molecule has 0 aliphatic carbocycles. The molecule has 2 aromatic rings. The Bertz CT molecular complexity index is 759. The first-order valence-corrected chi connectivity index (χ1v) is 8.62. The quantitative estimate of drug-likeness (QED) is 0.882. The zero-order chi connectivity index (χ0) is 17.8. The van der Waals surface area contributed by atoms with E-state index in [1.54, 1.807) is 11.1 Å². The molecule has 2 heterocycles. The van der Waals surface area contributed by atoms with Crippen molar-refractivity contribution in [2.75, 3.05) is 0 Å². The lowest BCUT2D eigenvalue weighted by molar-refractivity contribution is -0.126. The van der Waals surface area contributed by atoms with Gasteiger partial charge in [0, 0.05) is 18.3 Å². The molecular weight excluding hydrogens is 314 g/mol. The summed E-state index contributed by atoms with van der Waals surface area (Å²) in [5, 5.41) is 2.93. The number of amides is 2. The van der Waals surface area contributed by atoms with E-state index in [0.717, 1.165) is 11.3 Å². The van der Waals surface area contributed by atoms with Crippen molar-refractivity contribution in [2.24, 2.45) is 5.92 Å². The number of carbonyl (C=O) groups is 2. The lowest BCUT2D eigenvalue weighted by atomic mass is 10.0. The maximum atomic E-state index is 12.8. The third kappa shape index (κ3) is 3.87. The molecule has 0 fully saturated rings. The van der Waals surface area contributed by atoms with Crippen molar-refractivity contribution in [1.29, 1.82) is 0 Å². The van der Waals surface area contributed by atoms with E-state index < -0.39 is 6.04 Å². The molecule has 0 radical (unpaired) electrons. The number of rotatable bonds is 6. The molecule has 130 valence electrons. The van der Waals surface area contributed by atoms with Crippen molar-refractivity contribution >= 4 is 11.8 Å². The Morgan fingerprint density at radius 3 is 2.64 bits per heavy atom. The molecule has 5 nitrogen and oxygen atoms in total. The Morgan fingerprint density at radius 1 is 1.20 bits per heavy atom. The molecule has 1 atom stereocenters. The van der Waals surface area contributed by atoms with Gasteiger partial charge in [-0.3, -0.25) is 14.6 Å². The summed E-state index contributed by atoms with van der Waals surface area (Å²) >= 11 is 0. The maximum absolute atomic E-state index is 12.8. The number of nitrogens with zero attached hydrogens (tertiary/aromatic N) is 2. The van der Waals surface area contributed by atoms with E-state index in [9.17, 15) is 9.59 Å². The van der Waals surface area contributed by atoms with E-state index in [2.05, 4.69) is 24.1 Å². The van der Waals surface area contributed by atoms with Gasteiger partial charge in [-0.1, -0.05) is 38.1 Å². The van der Waals surface area contributed by atoms with E-state index in [1.807, 2.05) is 42.5 Å². The number of hydrogen-bond acceptors (Lipinski definition) is 3. The van der Waals surface area contributed by atoms with Gasteiger partial charge in [0.1, 0.15) is 6.04 Å². The van der Waals surface area contributed by atoms with Gasteiger partial charge < -0.3 is 10.2 Å². The van der Waals surface area contributed by atoms with Gasteiger partial charge in [-0.25, -0.2) is 0 Å². The van der Waals surface area contributed by atoms with Crippen molar-refractivity contribution in [1.82, 2.24) is 15.2 Å². The van der Waals surface area contributed by atoms with Crippen LogP contribution in [0.25, 0.3) is 0 Å². The Morgan fingerprint density at radius 2 is 1.96 bits per heavy atom. The van der Waals surface area contributed by atoms with Crippen LogP contribution in [0.15, 0.2) is 48.7 Å². The Labute approximate surface area is 148 Å². The van der Waals surface area contributed by atoms with Crippen molar-refractivity contribution in [2.45, 2.75) is 39.4 Å². The third-order valence-electron chi connectivity index (χ3n) is 4.39. The number of nitrogens with one attached hydrogen (secondary N) is 1. The molecule has 0 unspecified atom stereocenters. The summed E-state index contributed by atoms with van der Waals surface area (Å²) in [6.45, 7) is 4.98. The highest BCUT2D eigenvalue weighted by Gasteiger charge is 2.36. The molecule has 0 spiro atoms. The lowest BCUT2D eigenvalue weighted by Crippen LogP contribution is -2.47. The molecular formula is C20H23N3O2. The van der Waals surface area contributed by atoms with Crippen molar-refractivity contribution in [3.8, 4) is 0 Å². The number of benzene rings is 1. The number of aromatic nitrogens is 1. The highest BCUT2D eigenvalue weighted by atomic mass is 16.2. The van der Waals surface area contributed by atoms with Crippen molar-refractivity contribution in [3.05, 3.63) is 65.5 Å². The monoisotopic (exact) mass is 337 g/mol. The number of fused-ring (bicyclic) bond motifs is 1. The fourth-order valence-electron chi connectivity index (χ4n) is 3.15. The first-order valence-electron chi connectivity index (χ1n) is 8.62. The second-order valence-corrected chi connectivity index (χ2v) is 6.77. The summed E-state index contributed by atoms with van der Waals surface area (Å²) in [6, 6.07) is 12.7. The zero-order valence-electron chi connectivity index (χ0n) is 14.6. The number of carbonyl (C=O) groups excluding carboxylic acids is 2. The second-order valence-electron chi connectivity index (χ2n) is 6.77. The summed E-state index contributed by atoms with van der Waals surface area (Å²) in [6.07, 6.45) is 2.33. The number of pyridine rings is 1. The molecule has 1 aliphatic rings. The van der Waals surface area contributed by atoms with Gasteiger partial charge in [-0.15, -0.1) is 0 Å². The molecule has 0 saturated carbocycles. The molecule has 0 saturated heterocycles. The predicted octanol–water partition coefficient (Wildman–Crippen LogP) is 2.77. The average molecular weight is 337 g/mol. The predicted molar refractivity (Wildman–Crippen MR) is 95.6 cm³/mol. The van der Waals surface area contributed by atoms with Gasteiger partial charge in [-0.05, 0) is 36.1 Å². The summed E-state index contributed by atoms with van der Waals surface area (Å²) in [5.41, 5.74) is 2.49. The van der Waals surface area contributed by atoms with Crippen molar-refractivity contribution < 1.29 is 9.59 Å². The van der Waals surface area contributed by atoms with Crippen molar-refractivity contribution in [3.63, 3.8) is 0 Å². The summed E-state index contributed by atoms with van der Waals surface area (Å²) in [5.74, 6) is 0.122. The molecule has 1 aromatic heterocycles. The molecule has 1 N–H and O–H groups in total. The van der Waals surface area contributed by atoms with Crippen LogP contribution < -0.4 is 5.32 Å². The normalized spacial score (nSPS) is 14.5. The zero-order valence-corrected chi connectivity index (χ0v) is 14.6. The fraction of sp³-hybridized carbons (Fsp3) is 0.350. The van der Waals surface area contributed by atoms with Crippen LogP contribution in [0.2, 0.25) is 0 Å². The molecule has 1 aromatic carbocycles. The van der Waals surface area contributed by atoms with Gasteiger partial charge in [0.2, 0.25) is 5.91 Å². The van der Waals surface area contributed by atoms with Crippen LogP contribution in [0.3, 0.4) is 0 Å². The molecule has 5 heteroatoms. The third-order valence-corrected chi connectivity index (χ3v) is 4.39. The van der Waals surface area contributed by atoms with Gasteiger partial charge in [0.15, 0.2) is 0 Å². The van der Waals surface area contributed by atoms with Crippen LogP contribution in [0.1, 0.15) is 41.9 Å². The Balaban J connectivity index is 1.74. The largest absolute Gasteiger partial charge is 0.349 e. The fourth-order valence-corrected chi connectivity index (χ4v) is 3.15. The molecule has 1 aliphatic heterocycles. The molecule has 2 amide bonds. The van der Waals surface area contributed by atoms with Gasteiger partial charge in [0.25, 0.3) is 5.91 Å². The van der Waals surface area contributed by atoms with Crippen LogP contribution in [0, 0.1) is 5.92 Å². The molecule has 0 bridgehead atoms. The van der Waals surface area contributed by atoms with Crippen LogP contribution in [-0.2, 0) is 17.9 Å². The SMILES string of the molecule is CC(C)C[C@@H](C(=O)NCc1ccccn1)N1Cc2ccccc2C1=O. The summed E-state index contributed by atoms with van der Waals surface area (Å²) in [7, 11) is 0. The summed E-state index contributed by atoms with van der Waals surface area (Å²) < 4.78 is 0. The Hall–Kier alpha value is -2.69. The molecule has 25 heavy (non-hydrogen) atoms. The van der Waals surface area contributed by atoms with Gasteiger partial charge in [-0.2, -0.15) is 0 Å². The highest BCUT2D eigenvalue weighted by Crippen LogP contribution is 2.26. The van der Waals surface area contributed by atoms with E-state index in [-0.39, 0.29) is 11.8 Å². The first-order chi connectivity index (χ1) is 12.1. The maximum Gasteiger partial charge on any atom is 0.255 e. The van der Waals surface area contributed by atoms with E-state index in [1.165, 1.54) is 0 Å². The van der Waals surface area contributed by atoms with E-state index in [0.29, 0.717) is 31.0 Å². The standard InChI is InChI=1S/C20H23N3O2/c1-14(2)11-18(19(24)22-12-16-8-5-6-10-21-16)23-13-15-7-3-4-9-17(15)20(23)25/h3-10,14,18H,11-13H2,1-2H3,(H,22,24)/t18-/m0/s1. The van der Waals surface area contributed by atoms with Crippen LogP contribution in [0.5, 0.6) is 0 Å². The smallest absolute Gasteiger partial charge is 0.255 e. The van der Waals surface area contributed by atoms with Crippen LogP contribution in [0.4, 0.5) is 0 Å². The Kier molecular flexibility index (Phi) is 5.12. The van der Waals surface area contributed by atoms with Crippen LogP contribution in [-0.4, -0.2) is 27.7 Å². The van der Waals surface area contributed by atoms with E-state index in [4.69, 9.17) is 0 Å². The minimum absolute atomic E-state index is 0.0609. The van der Waals surface area contributed by atoms with Gasteiger partial charge >= 0.3 is 0 Å². The minimum Gasteiger partial charge on any atom is -0.349 e. The topological polar surface area (TPSA) is 62.3 Å². The second kappa shape index (κ2) is 7.47. The highest BCUT2D eigenvalue weighted by molar-refractivity contribution is 6.01. The number of hydrogen-bond donors (Lipinski definition) is 1. The van der Waals surface area contributed by atoms with Gasteiger partial charge in [0.05, 0.1) is 12.2 Å². The first kappa shape index (κ1) is 17.1. The minimum atomic E-state index is -0.469. The van der Waals surface area contributed by atoms with Crippen LogP contribution >= 0.6 is 0 Å². The summed E-state index contributed by atoms with van der Waals surface area (Å²) in [4.78, 5) is 31.4. The lowest BCUT2D eigenvalue weighted by Gasteiger charge is -2.28. The van der Waals surface area contributed by atoms with E-state index >= 15 is 0 Å². The molecule has 3 rings (SSSR count).